The quantitative estimate of drug-likeness (QED) is 0.799. The third-order valence-electron chi connectivity index (χ3n) is 3.08. The number of aromatic nitrogens is 1. The van der Waals surface area contributed by atoms with Crippen LogP contribution in [-0.4, -0.2) is 28.9 Å². The molecule has 0 N–H and O–H groups in total. The number of likely N-dealkylation sites (tertiary alicyclic amines) is 1. The van der Waals surface area contributed by atoms with Crippen LogP contribution in [0.25, 0.3) is 10.9 Å². The normalized spacial score (nSPS) is 13.5. The van der Waals surface area contributed by atoms with Crippen LogP contribution < -0.4 is 0 Å². The first-order valence-electron chi connectivity index (χ1n) is 6.59. The van der Waals surface area contributed by atoms with Crippen molar-refractivity contribution in [2.75, 3.05) is 13.1 Å². The van der Waals surface area contributed by atoms with Crippen molar-refractivity contribution in [2.45, 2.75) is 20.3 Å². The van der Waals surface area contributed by atoms with Gasteiger partial charge in [0.1, 0.15) is 0 Å². The second kappa shape index (κ2) is 6.15. The molecule has 1 aromatic carbocycles. The highest BCUT2D eigenvalue weighted by atomic mass is 79.9. The molecule has 0 aliphatic carbocycles. The number of benzene rings is 1. The summed E-state index contributed by atoms with van der Waals surface area (Å²) in [6.07, 6.45) is 2.87. The molecule has 1 amide bonds. The van der Waals surface area contributed by atoms with Crippen molar-refractivity contribution < 1.29 is 4.79 Å². The fraction of sp³-hybridized carbons (Fsp3) is 0.333. The molecule has 0 spiro atoms. The Labute approximate surface area is 121 Å². The van der Waals surface area contributed by atoms with Crippen LogP contribution >= 0.6 is 15.9 Å². The number of carbonyl (C=O) groups excluding carboxylic acids is 1. The summed E-state index contributed by atoms with van der Waals surface area (Å²) in [6.45, 7) is 5.76. The van der Waals surface area contributed by atoms with E-state index in [9.17, 15) is 4.79 Å². The highest BCUT2D eigenvalue weighted by Crippen LogP contribution is 2.24. The van der Waals surface area contributed by atoms with Crippen LogP contribution in [0.15, 0.2) is 34.9 Å². The molecule has 2 aromatic rings. The van der Waals surface area contributed by atoms with Gasteiger partial charge in [0, 0.05) is 34.7 Å². The fourth-order valence-electron chi connectivity index (χ4n) is 1.95. The third-order valence-corrected chi connectivity index (χ3v) is 3.77. The van der Waals surface area contributed by atoms with E-state index >= 15 is 0 Å². The number of carbonyl (C=O) groups is 1. The number of pyridine rings is 1. The van der Waals surface area contributed by atoms with Crippen molar-refractivity contribution in [3.63, 3.8) is 0 Å². The van der Waals surface area contributed by atoms with E-state index in [4.69, 9.17) is 0 Å². The van der Waals surface area contributed by atoms with Gasteiger partial charge in [-0.05, 0) is 30.7 Å². The van der Waals surface area contributed by atoms with E-state index in [-0.39, 0.29) is 5.91 Å². The molecule has 1 aliphatic rings. The van der Waals surface area contributed by atoms with Crippen molar-refractivity contribution in [1.82, 2.24) is 9.88 Å². The van der Waals surface area contributed by atoms with Crippen LogP contribution in [-0.2, 0) is 0 Å². The van der Waals surface area contributed by atoms with Gasteiger partial charge >= 0.3 is 0 Å². The standard InChI is InChI=1S/C13H11BrN2O.C2H6/c14-11-4-5-15-12-3-2-9(8-10(11)12)13(17)16-6-1-7-16;1-2/h2-5,8H,1,6-7H2;1-2H3. The van der Waals surface area contributed by atoms with Crippen LogP contribution in [0.2, 0.25) is 0 Å². The monoisotopic (exact) mass is 320 g/mol. The minimum absolute atomic E-state index is 0.119. The van der Waals surface area contributed by atoms with E-state index in [2.05, 4.69) is 20.9 Å². The van der Waals surface area contributed by atoms with Gasteiger partial charge in [0.05, 0.1) is 5.52 Å². The van der Waals surface area contributed by atoms with Gasteiger partial charge in [-0.3, -0.25) is 9.78 Å². The predicted octanol–water partition coefficient (Wildman–Crippen LogP) is 3.87. The zero-order valence-electron chi connectivity index (χ0n) is 11.2. The zero-order chi connectivity index (χ0) is 13.8. The van der Waals surface area contributed by atoms with Gasteiger partial charge in [-0.1, -0.05) is 29.8 Å². The van der Waals surface area contributed by atoms with Crippen LogP contribution in [0.4, 0.5) is 0 Å². The molecule has 1 aromatic heterocycles. The van der Waals surface area contributed by atoms with E-state index < -0.39 is 0 Å². The topological polar surface area (TPSA) is 33.2 Å². The van der Waals surface area contributed by atoms with Crippen molar-refractivity contribution in [1.29, 1.82) is 0 Å². The van der Waals surface area contributed by atoms with Gasteiger partial charge in [-0.25, -0.2) is 0 Å². The summed E-state index contributed by atoms with van der Waals surface area (Å²) in [7, 11) is 0. The van der Waals surface area contributed by atoms with Crippen LogP contribution in [0.5, 0.6) is 0 Å². The number of rotatable bonds is 1. The largest absolute Gasteiger partial charge is 0.339 e. The molecule has 4 heteroatoms. The SMILES string of the molecule is CC.O=C(c1ccc2nccc(Br)c2c1)N1CCC1. The van der Waals surface area contributed by atoms with Crippen molar-refractivity contribution >= 4 is 32.7 Å². The second-order valence-electron chi connectivity index (χ2n) is 4.17. The Morgan fingerprint density at radius 3 is 2.63 bits per heavy atom. The van der Waals surface area contributed by atoms with Crippen molar-refractivity contribution in [2.24, 2.45) is 0 Å². The lowest BCUT2D eigenvalue weighted by Gasteiger charge is -2.30. The smallest absolute Gasteiger partial charge is 0.253 e. The highest BCUT2D eigenvalue weighted by molar-refractivity contribution is 9.10. The first kappa shape index (κ1) is 14.0. The average Bonchev–Trinajstić information content (AvgIpc) is 2.39. The van der Waals surface area contributed by atoms with E-state index in [1.165, 1.54) is 0 Å². The summed E-state index contributed by atoms with van der Waals surface area (Å²) in [5, 5.41) is 0.985. The van der Waals surface area contributed by atoms with E-state index in [1.54, 1.807) is 6.20 Å². The number of amides is 1. The Hall–Kier alpha value is -1.42. The Kier molecular flexibility index (Phi) is 4.53. The molecule has 1 aliphatic heterocycles. The minimum Gasteiger partial charge on any atom is -0.339 e. The Bertz CT molecular complexity index is 594. The van der Waals surface area contributed by atoms with Crippen molar-refractivity contribution in [3.8, 4) is 0 Å². The summed E-state index contributed by atoms with van der Waals surface area (Å²) in [4.78, 5) is 18.2. The summed E-state index contributed by atoms with van der Waals surface area (Å²) < 4.78 is 0.973. The molecular weight excluding hydrogens is 304 g/mol. The maximum atomic E-state index is 12.1. The number of hydrogen-bond donors (Lipinski definition) is 0. The van der Waals surface area contributed by atoms with Gasteiger partial charge in [0.25, 0.3) is 5.91 Å². The van der Waals surface area contributed by atoms with Gasteiger partial charge in [0.15, 0.2) is 0 Å². The molecule has 0 atom stereocenters. The summed E-state index contributed by atoms with van der Waals surface area (Å²) in [5.74, 6) is 0.119. The molecule has 0 bridgehead atoms. The van der Waals surface area contributed by atoms with E-state index in [1.807, 2.05) is 43.0 Å². The van der Waals surface area contributed by atoms with Crippen LogP contribution in [0, 0.1) is 0 Å². The van der Waals surface area contributed by atoms with E-state index in [0.717, 1.165) is 40.4 Å². The molecule has 1 fully saturated rings. The van der Waals surface area contributed by atoms with Crippen LogP contribution in [0.1, 0.15) is 30.6 Å². The molecule has 1 saturated heterocycles. The lowest BCUT2D eigenvalue weighted by atomic mass is 10.1. The van der Waals surface area contributed by atoms with Gasteiger partial charge in [-0.15, -0.1) is 0 Å². The number of halogens is 1. The van der Waals surface area contributed by atoms with Gasteiger partial charge in [0.2, 0.25) is 0 Å². The molecule has 0 unspecified atom stereocenters. The van der Waals surface area contributed by atoms with Gasteiger partial charge < -0.3 is 4.90 Å². The maximum Gasteiger partial charge on any atom is 0.253 e. The maximum absolute atomic E-state index is 12.1. The summed E-state index contributed by atoms with van der Waals surface area (Å²) in [6, 6.07) is 7.54. The van der Waals surface area contributed by atoms with Crippen molar-refractivity contribution in [3.05, 3.63) is 40.5 Å². The third kappa shape index (κ3) is 2.78. The lowest BCUT2D eigenvalue weighted by Crippen LogP contribution is -2.41. The zero-order valence-corrected chi connectivity index (χ0v) is 12.8. The molecule has 3 rings (SSSR count). The molecule has 19 heavy (non-hydrogen) atoms. The first-order chi connectivity index (χ1) is 9.25. The Morgan fingerprint density at radius 1 is 1.26 bits per heavy atom. The van der Waals surface area contributed by atoms with Crippen LogP contribution in [0.3, 0.4) is 0 Å². The summed E-state index contributed by atoms with van der Waals surface area (Å²) >= 11 is 3.48. The predicted molar refractivity (Wildman–Crippen MR) is 81.3 cm³/mol. The molecular formula is C15H17BrN2O. The Balaban J connectivity index is 0.000000637. The number of nitrogens with zero attached hydrogens (tertiary/aromatic N) is 2. The lowest BCUT2D eigenvalue weighted by molar-refractivity contribution is 0.0652. The number of fused-ring (bicyclic) bond motifs is 1. The molecule has 100 valence electrons. The fourth-order valence-corrected chi connectivity index (χ4v) is 2.38. The van der Waals surface area contributed by atoms with E-state index in [0.29, 0.717) is 0 Å². The highest BCUT2D eigenvalue weighted by Gasteiger charge is 2.21. The Morgan fingerprint density at radius 2 is 2.00 bits per heavy atom. The molecule has 3 nitrogen and oxygen atoms in total. The molecule has 0 saturated carbocycles. The molecule has 0 radical (unpaired) electrons. The molecule has 2 heterocycles. The van der Waals surface area contributed by atoms with Gasteiger partial charge in [-0.2, -0.15) is 0 Å². The average molecular weight is 321 g/mol. The first-order valence-corrected chi connectivity index (χ1v) is 7.38. The second-order valence-corrected chi connectivity index (χ2v) is 5.02. The summed E-state index contributed by atoms with van der Waals surface area (Å²) in [5.41, 5.74) is 1.64. The number of hydrogen-bond acceptors (Lipinski definition) is 2. The minimum atomic E-state index is 0.119.